The Kier molecular flexibility index (Phi) is 7.51. The third kappa shape index (κ3) is 4.58. The fraction of sp³-hybridized carbons (Fsp3) is 0.767. The van der Waals surface area contributed by atoms with Crippen molar-refractivity contribution < 1.29 is 19.1 Å². The minimum Gasteiger partial charge on any atom is -0.462 e. The third-order valence-electron chi connectivity index (χ3n) is 17.1. The standard InChI is InChI=1S/C43H60N2O5/c1-26(46)50-34-13-14-41(6)33(38(34,2)3)12-15-43(8)36(41)32(47)21-29-30-22-40(5,17-16-39(30,4)18-19-42(29,43)7)37(49)44-23-27-20-28(25-44)31-10-9-11-35(48)45(31)24-27/h9-11,21,27-28,30,33-34,36H,12-20,22-25H2,1-8H3/t27-,28+,30+,33-,34-,36-,39-,40-,41-,42+,43-/m1/s1. The highest BCUT2D eigenvalue weighted by molar-refractivity contribution is 5.96. The summed E-state index contributed by atoms with van der Waals surface area (Å²) in [6.07, 6.45) is 11.7. The highest BCUT2D eigenvalue weighted by atomic mass is 16.5. The Bertz CT molecular complexity index is 1740. The predicted molar refractivity (Wildman–Crippen MR) is 193 cm³/mol. The zero-order valence-corrected chi connectivity index (χ0v) is 31.9. The fourth-order valence-corrected chi connectivity index (χ4v) is 14.2. The summed E-state index contributed by atoms with van der Waals surface area (Å²) >= 11 is 0. The smallest absolute Gasteiger partial charge is 0.302 e. The Morgan fingerprint density at radius 1 is 0.860 bits per heavy atom. The molecule has 2 aliphatic heterocycles. The van der Waals surface area contributed by atoms with E-state index < -0.39 is 5.41 Å². The van der Waals surface area contributed by atoms with Gasteiger partial charge >= 0.3 is 5.97 Å². The molecule has 0 N–H and O–H groups in total. The van der Waals surface area contributed by atoms with Crippen molar-refractivity contribution in [1.29, 1.82) is 0 Å². The van der Waals surface area contributed by atoms with Crippen LogP contribution in [0.25, 0.3) is 0 Å². The molecule has 7 heteroatoms. The molecule has 50 heavy (non-hydrogen) atoms. The van der Waals surface area contributed by atoms with E-state index in [2.05, 4.69) is 65.5 Å². The number of likely N-dealkylation sites (tertiary alicyclic amines) is 1. The van der Waals surface area contributed by atoms with Crippen molar-refractivity contribution in [3.63, 3.8) is 0 Å². The lowest BCUT2D eigenvalue weighted by Gasteiger charge is -2.70. The van der Waals surface area contributed by atoms with E-state index in [1.54, 1.807) is 6.07 Å². The van der Waals surface area contributed by atoms with Crippen LogP contribution in [0, 0.1) is 56.2 Å². The first-order valence-corrected chi connectivity index (χ1v) is 19.8. The summed E-state index contributed by atoms with van der Waals surface area (Å²) in [5, 5.41) is 0. The fourth-order valence-electron chi connectivity index (χ4n) is 14.2. The number of pyridine rings is 1. The number of nitrogens with zero attached hydrogens (tertiary/aromatic N) is 2. The molecule has 1 amide bonds. The number of rotatable bonds is 2. The number of hydrogen-bond acceptors (Lipinski definition) is 5. The van der Waals surface area contributed by atoms with Crippen molar-refractivity contribution in [1.82, 2.24) is 9.47 Å². The van der Waals surface area contributed by atoms with Gasteiger partial charge in [-0.25, -0.2) is 0 Å². The second kappa shape index (κ2) is 10.9. The van der Waals surface area contributed by atoms with Gasteiger partial charge in [0, 0.05) is 61.0 Å². The number of carbonyl (C=O) groups excluding carboxylic acids is 3. The summed E-state index contributed by atoms with van der Waals surface area (Å²) in [5.74, 6) is 1.32. The van der Waals surface area contributed by atoms with E-state index in [0.29, 0.717) is 30.7 Å². The van der Waals surface area contributed by atoms with Gasteiger partial charge in [-0.3, -0.25) is 19.2 Å². The van der Waals surface area contributed by atoms with Crippen LogP contribution in [0.3, 0.4) is 0 Å². The quantitative estimate of drug-likeness (QED) is 0.298. The summed E-state index contributed by atoms with van der Waals surface area (Å²) in [7, 11) is 0. The van der Waals surface area contributed by atoms with Crippen molar-refractivity contribution in [3.05, 3.63) is 45.9 Å². The lowest BCUT2D eigenvalue weighted by atomic mass is 9.33. The Hall–Kier alpha value is -2.70. The van der Waals surface area contributed by atoms with Crippen LogP contribution >= 0.6 is 0 Å². The van der Waals surface area contributed by atoms with Crippen LogP contribution in [0.2, 0.25) is 0 Å². The monoisotopic (exact) mass is 684 g/mol. The number of hydrogen-bond donors (Lipinski definition) is 0. The molecule has 5 aliphatic carbocycles. The van der Waals surface area contributed by atoms with Gasteiger partial charge in [0.25, 0.3) is 5.56 Å². The largest absolute Gasteiger partial charge is 0.462 e. The van der Waals surface area contributed by atoms with Gasteiger partial charge in [-0.15, -0.1) is 0 Å². The van der Waals surface area contributed by atoms with Gasteiger partial charge in [0.15, 0.2) is 5.78 Å². The van der Waals surface area contributed by atoms with E-state index in [-0.39, 0.29) is 68.4 Å². The van der Waals surface area contributed by atoms with E-state index in [4.69, 9.17) is 4.74 Å². The van der Waals surface area contributed by atoms with E-state index in [0.717, 1.165) is 76.4 Å². The molecule has 1 aromatic rings. The molecule has 1 aromatic heterocycles. The second-order valence-corrected chi connectivity index (χ2v) is 20.1. The molecule has 7 aliphatic rings. The van der Waals surface area contributed by atoms with Gasteiger partial charge in [-0.05, 0) is 116 Å². The molecule has 4 saturated carbocycles. The Balaban J connectivity index is 1.10. The predicted octanol–water partition coefficient (Wildman–Crippen LogP) is 7.71. The van der Waals surface area contributed by atoms with Gasteiger partial charge in [0.05, 0.1) is 0 Å². The Labute approximate surface area is 299 Å². The average Bonchev–Trinajstić information content (AvgIpc) is 3.04. The minimum absolute atomic E-state index is 0.0656. The number of aromatic nitrogens is 1. The lowest BCUT2D eigenvalue weighted by Crippen LogP contribution is -2.67. The summed E-state index contributed by atoms with van der Waals surface area (Å²) < 4.78 is 7.85. The number of carbonyl (C=O) groups is 3. The maximum Gasteiger partial charge on any atom is 0.302 e. The summed E-state index contributed by atoms with van der Waals surface area (Å²) in [6.45, 7) is 20.1. The first-order valence-electron chi connectivity index (χ1n) is 19.8. The van der Waals surface area contributed by atoms with Crippen molar-refractivity contribution in [2.75, 3.05) is 13.1 Å². The van der Waals surface area contributed by atoms with Gasteiger partial charge in [-0.1, -0.05) is 60.1 Å². The zero-order valence-electron chi connectivity index (χ0n) is 31.9. The van der Waals surface area contributed by atoms with Crippen molar-refractivity contribution >= 4 is 17.7 Å². The molecule has 0 spiro atoms. The van der Waals surface area contributed by atoms with Crippen LogP contribution in [0.1, 0.15) is 131 Å². The molecule has 2 bridgehead atoms. The average molecular weight is 685 g/mol. The van der Waals surface area contributed by atoms with Crippen molar-refractivity contribution in [2.24, 2.45) is 56.2 Å². The molecule has 3 heterocycles. The summed E-state index contributed by atoms with van der Waals surface area (Å²) in [4.78, 5) is 56.5. The van der Waals surface area contributed by atoms with Gasteiger partial charge in [-0.2, -0.15) is 0 Å². The van der Waals surface area contributed by atoms with E-state index >= 15 is 0 Å². The lowest BCUT2D eigenvalue weighted by molar-refractivity contribution is -0.210. The number of ketones is 1. The highest BCUT2D eigenvalue weighted by Gasteiger charge is 2.70. The van der Waals surface area contributed by atoms with E-state index in [1.165, 1.54) is 12.5 Å². The molecular weight excluding hydrogens is 624 g/mol. The zero-order chi connectivity index (χ0) is 35.8. The third-order valence-corrected chi connectivity index (χ3v) is 17.1. The molecule has 1 saturated heterocycles. The maximum absolute atomic E-state index is 14.9. The molecule has 7 nitrogen and oxygen atoms in total. The van der Waals surface area contributed by atoms with Crippen LogP contribution in [0.15, 0.2) is 34.6 Å². The van der Waals surface area contributed by atoms with Gasteiger partial charge < -0.3 is 14.2 Å². The topological polar surface area (TPSA) is 85.7 Å². The molecule has 5 fully saturated rings. The van der Waals surface area contributed by atoms with Crippen LogP contribution in [-0.4, -0.2) is 46.3 Å². The number of piperidine rings is 1. The number of amides is 1. The van der Waals surface area contributed by atoms with Crippen LogP contribution in [0.5, 0.6) is 0 Å². The SMILES string of the molecule is CC(=O)O[C@@H]1CC[C@]2(C)[C@H](CC[C@]3(C)[C@@H]2C(=O)C=C2[C@@H]4C[C@](C)(C(=O)N5C[C@H]6C[C@@H](C5)c5cccc(=O)n5C6)CC[C@]4(C)CC[C@@]23C)C1(C)C. The molecule has 8 rings (SSSR count). The number of fused-ring (bicyclic) bond motifs is 11. The second-order valence-electron chi connectivity index (χ2n) is 20.1. The molecular formula is C43H60N2O5. The summed E-state index contributed by atoms with van der Waals surface area (Å²) in [5.41, 5.74) is 1.45. The number of esters is 1. The Morgan fingerprint density at radius 2 is 1.60 bits per heavy atom. The van der Waals surface area contributed by atoms with Crippen molar-refractivity contribution in [3.8, 4) is 0 Å². The first-order chi connectivity index (χ1) is 23.4. The highest BCUT2D eigenvalue weighted by Crippen LogP contribution is 2.75. The summed E-state index contributed by atoms with van der Waals surface area (Å²) in [6, 6.07) is 5.60. The van der Waals surface area contributed by atoms with Crippen LogP contribution in [-0.2, 0) is 25.7 Å². The molecule has 11 atom stereocenters. The first kappa shape index (κ1) is 34.4. The molecule has 0 aromatic carbocycles. The molecule has 272 valence electrons. The van der Waals surface area contributed by atoms with Crippen LogP contribution in [0.4, 0.5) is 0 Å². The molecule has 0 radical (unpaired) electrons. The van der Waals surface area contributed by atoms with Gasteiger partial charge in [0.2, 0.25) is 5.91 Å². The number of allylic oxidation sites excluding steroid dienone is 2. The van der Waals surface area contributed by atoms with Gasteiger partial charge in [0.1, 0.15) is 6.10 Å². The number of ether oxygens (including phenoxy) is 1. The van der Waals surface area contributed by atoms with E-state index in [9.17, 15) is 19.2 Å². The van der Waals surface area contributed by atoms with Crippen molar-refractivity contribution in [2.45, 2.75) is 138 Å². The van der Waals surface area contributed by atoms with Crippen LogP contribution < -0.4 is 5.56 Å². The minimum atomic E-state index is -0.477. The Morgan fingerprint density at radius 3 is 2.34 bits per heavy atom. The maximum atomic E-state index is 14.9. The normalized spacial score (nSPS) is 45.9. The molecule has 0 unspecified atom stereocenters. The van der Waals surface area contributed by atoms with E-state index in [1.807, 2.05) is 10.6 Å².